The van der Waals surface area contributed by atoms with Crippen molar-refractivity contribution in [3.05, 3.63) is 71.9 Å². The Morgan fingerprint density at radius 3 is 2.62 bits per heavy atom. The van der Waals surface area contributed by atoms with Crippen molar-refractivity contribution in [1.29, 1.82) is 0 Å². The Labute approximate surface area is 125 Å². The van der Waals surface area contributed by atoms with Crippen molar-refractivity contribution in [2.45, 2.75) is 13.8 Å². The number of nitrogens with one attached hydrogen (secondary N) is 1. The number of rotatable bonds is 6. The first kappa shape index (κ1) is 14.9. The average Bonchev–Trinajstić information content (AvgIpc) is 2.48. The average molecular weight is 281 g/mol. The van der Waals surface area contributed by atoms with Gasteiger partial charge >= 0.3 is 0 Å². The largest absolute Gasteiger partial charge is 0.494 e. The molecule has 0 heterocycles. The van der Waals surface area contributed by atoms with Crippen molar-refractivity contribution in [2.24, 2.45) is 0 Å². The molecule has 0 aliphatic rings. The van der Waals surface area contributed by atoms with Gasteiger partial charge in [0, 0.05) is 29.1 Å². The van der Waals surface area contributed by atoms with E-state index in [-0.39, 0.29) is 5.78 Å². The summed E-state index contributed by atoms with van der Waals surface area (Å²) in [6.07, 6.45) is 1.60. The zero-order valence-corrected chi connectivity index (χ0v) is 12.3. The number of benzene rings is 2. The highest BCUT2D eigenvalue weighted by atomic mass is 16.5. The molecule has 21 heavy (non-hydrogen) atoms. The molecule has 1 N–H and O–H groups in total. The molecule has 0 atom stereocenters. The van der Waals surface area contributed by atoms with E-state index in [0.29, 0.717) is 12.2 Å². The minimum absolute atomic E-state index is 0.0124. The van der Waals surface area contributed by atoms with E-state index in [9.17, 15) is 4.79 Å². The number of hydrogen-bond acceptors (Lipinski definition) is 3. The van der Waals surface area contributed by atoms with Crippen LogP contribution in [0, 0.1) is 0 Å². The van der Waals surface area contributed by atoms with Crippen molar-refractivity contribution in [2.75, 3.05) is 11.9 Å². The molecule has 0 fully saturated rings. The van der Waals surface area contributed by atoms with E-state index in [1.54, 1.807) is 6.08 Å². The van der Waals surface area contributed by atoms with E-state index in [4.69, 9.17) is 4.74 Å². The standard InChI is InChI=1S/C18H19NO2/c1-3-21-17-11-7-10-16(13-17)19-14(2)12-18(20)15-8-5-4-6-9-15/h4-13,19H,3H2,1-2H3/b14-12+. The van der Waals surface area contributed by atoms with Gasteiger partial charge < -0.3 is 10.1 Å². The Morgan fingerprint density at radius 2 is 1.90 bits per heavy atom. The van der Waals surface area contributed by atoms with Crippen LogP contribution in [0.15, 0.2) is 66.4 Å². The Kier molecular flexibility index (Phi) is 5.16. The van der Waals surface area contributed by atoms with Gasteiger partial charge in [-0.2, -0.15) is 0 Å². The van der Waals surface area contributed by atoms with Gasteiger partial charge in [-0.05, 0) is 26.0 Å². The van der Waals surface area contributed by atoms with Gasteiger partial charge in [0.15, 0.2) is 5.78 Å². The van der Waals surface area contributed by atoms with Crippen molar-refractivity contribution in [3.63, 3.8) is 0 Å². The van der Waals surface area contributed by atoms with E-state index >= 15 is 0 Å². The molecule has 3 heteroatoms. The maximum Gasteiger partial charge on any atom is 0.187 e. The Balaban J connectivity index is 2.07. The molecular weight excluding hydrogens is 262 g/mol. The lowest BCUT2D eigenvalue weighted by atomic mass is 10.1. The summed E-state index contributed by atoms with van der Waals surface area (Å²) in [5.74, 6) is 0.797. The highest BCUT2D eigenvalue weighted by Gasteiger charge is 2.02. The lowest BCUT2D eigenvalue weighted by molar-refractivity contribution is 0.104. The van der Waals surface area contributed by atoms with Crippen molar-refractivity contribution >= 4 is 11.5 Å². The number of carbonyl (C=O) groups excluding carboxylic acids is 1. The second-order valence-electron chi connectivity index (χ2n) is 4.64. The summed E-state index contributed by atoms with van der Waals surface area (Å²) in [5.41, 5.74) is 2.37. The second kappa shape index (κ2) is 7.29. The highest BCUT2D eigenvalue weighted by molar-refractivity contribution is 6.05. The minimum Gasteiger partial charge on any atom is -0.494 e. The molecule has 0 bridgehead atoms. The van der Waals surface area contributed by atoms with Crippen molar-refractivity contribution < 1.29 is 9.53 Å². The van der Waals surface area contributed by atoms with Gasteiger partial charge in [0.2, 0.25) is 0 Å². The quantitative estimate of drug-likeness (QED) is 0.634. The normalized spacial score (nSPS) is 11.0. The Hall–Kier alpha value is -2.55. The highest BCUT2D eigenvalue weighted by Crippen LogP contribution is 2.18. The first-order valence-corrected chi connectivity index (χ1v) is 6.96. The lowest BCUT2D eigenvalue weighted by Gasteiger charge is -2.09. The summed E-state index contributed by atoms with van der Waals surface area (Å²) in [4.78, 5) is 12.1. The fourth-order valence-electron chi connectivity index (χ4n) is 1.98. The molecule has 0 spiro atoms. The zero-order chi connectivity index (χ0) is 15.1. The predicted octanol–water partition coefficient (Wildman–Crippen LogP) is 4.28. The van der Waals surface area contributed by atoms with Crippen LogP contribution in [-0.2, 0) is 0 Å². The predicted molar refractivity (Wildman–Crippen MR) is 85.8 cm³/mol. The number of anilines is 1. The number of carbonyl (C=O) groups is 1. The van der Waals surface area contributed by atoms with Gasteiger partial charge in [0.25, 0.3) is 0 Å². The summed E-state index contributed by atoms with van der Waals surface area (Å²) in [6.45, 7) is 4.45. The van der Waals surface area contributed by atoms with Gasteiger partial charge in [0.1, 0.15) is 5.75 Å². The van der Waals surface area contributed by atoms with E-state index in [1.165, 1.54) is 0 Å². The first-order valence-electron chi connectivity index (χ1n) is 6.96. The lowest BCUT2D eigenvalue weighted by Crippen LogP contribution is -2.01. The third-order valence-corrected chi connectivity index (χ3v) is 2.89. The Bertz CT molecular complexity index is 633. The second-order valence-corrected chi connectivity index (χ2v) is 4.64. The molecule has 0 radical (unpaired) electrons. The minimum atomic E-state index is -0.0124. The molecular formula is C18H19NO2. The molecule has 0 aliphatic carbocycles. The van der Waals surface area contributed by atoms with E-state index in [0.717, 1.165) is 17.1 Å². The smallest absolute Gasteiger partial charge is 0.187 e. The molecule has 0 unspecified atom stereocenters. The van der Waals surface area contributed by atoms with Crippen LogP contribution in [0.25, 0.3) is 0 Å². The molecule has 2 aromatic rings. The summed E-state index contributed by atoms with van der Waals surface area (Å²) in [5, 5.41) is 3.20. The fourth-order valence-corrected chi connectivity index (χ4v) is 1.98. The topological polar surface area (TPSA) is 38.3 Å². The van der Waals surface area contributed by atoms with Crippen molar-refractivity contribution in [3.8, 4) is 5.75 Å². The van der Waals surface area contributed by atoms with Gasteiger partial charge in [0.05, 0.1) is 6.61 Å². The molecule has 0 aliphatic heterocycles. The van der Waals surface area contributed by atoms with Crippen molar-refractivity contribution in [1.82, 2.24) is 0 Å². The molecule has 2 aromatic carbocycles. The van der Waals surface area contributed by atoms with Crippen LogP contribution in [0.4, 0.5) is 5.69 Å². The third-order valence-electron chi connectivity index (χ3n) is 2.89. The molecule has 0 amide bonds. The molecule has 0 saturated heterocycles. The summed E-state index contributed by atoms with van der Waals surface area (Å²) < 4.78 is 5.45. The summed E-state index contributed by atoms with van der Waals surface area (Å²) in [7, 11) is 0. The third kappa shape index (κ3) is 4.49. The molecule has 0 saturated carbocycles. The van der Waals surface area contributed by atoms with Crippen LogP contribution in [0.1, 0.15) is 24.2 Å². The van der Waals surface area contributed by atoms with Gasteiger partial charge in [-0.3, -0.25) is 4.79 Å². The molecule has 2 rings (SSSR count). The maximum atomic E-state index is 12.1. The zero-order valence-electron chi connectivity index (χ0n) is 12.3. The number of ketones is 1. The van der Waals surface area contributed by atoms with Crippen LogP contribution >= 0.6 is 0 Å². The van der Waals surface area contributed by atoms with Gasteiger partial charge in [-0.1, -0.05) is 36.4 Å². The molecule has 0 aromatic heterocycles. The number of allylic oxidation sites excluding steroid dienone is 2. The van der Waals surface area contributed by atoms with E-state index in [1.807, 2.05) is 68.4 Å². The monoisotopic (exact) mass is 281 g/mol. The first-order chi connectivity index (χ1) is 10.2. The van der Waals surface area contributed by atoms with Crippen LogP contribution in [-0.4, -0.2) is 12.4 Å². The summed E-state index contributed by atoms with van der Waals surface area (Å²) >= 11 is 0. The van der Waals surface area contributed by atoms with E-state index in [2.05, 4.69) is 5.32 Å². The van der Waals surface area contributed by atoms with Crippen LogP contribution < -0.4 is 10.1 Å². The van der Waals surface area contributed by atoms with Gasteiger partial charge in [-0.25, -0.2) is 0 Å². The maximum absolute atomic E-state index is 12.1. The summed E-state index contributed by atoms with van der Waals surface area (Å²) in [6, 6.07) is 16.9. The number of ether oxygens (including phenoxy) is 1. The fraction of sp³-hybridized carbons (Fsp3) is 0.167. The SMILES string of the molecule is CCOc1cccc(N/C(C)=C/C(=O)c2ccccc2)c1. The van der Waals surface area contributed by atoms with E-state index < -0.39 is 0 Å². The van der Waals surface area contributed by atoms with Gasteiger partial charge in [-0.15, -0.1) is 0 Å². The van der Waals surface area contributed by atoms with Crippen LogP contribution in [0.2, 0.25) is 0 Å². The Morgan fingerprint density at radius 1 is 1.14 bits per heavy atom. The molecule has 3 nitrogen and oxygen atoms in total. The number of hydrogen-bond donors (Lipinski definition) is 1. The molecule has 108 valence electrons. The van der Waals surface area contributed by atoms with Crippen LogP contribution in [0.5, 0.6) is 5.75 Å². The van der Waals surface area contributed by atoms with Crippen LogP contribution in [0.3, 0.4) is 0 Å².